The minimum atomic E-state index is -0.140. The highest BCUT2D eigenvalue weighted by Crippen LogP contribution is 2.17. The predicted molar refractivity (Wildman–Crippen MR) is 190 cm³/mol. The van der Waals surface area contributed by atoms with Crippen molar-refractivity contribution in [2.75, 3.05) is 0 Å². The lowest BCUT2D eigenvalue weighted by Gasteiger charge is -2.09. The van der Waals surface area contributed by atoms with Crippen molar-refractivity contribution in [3.8, 4) is 0 Å². The molecule has 0 aliphatic carbocycles. The zero-order valence-corrected chi connectivity index (χ0v) is 29.3. The highest BCUT2D eigenvalue weighted by molar-refractivity contribution is 5.78. The Bertz CT molecular complexity index is 542. The van der Waals surface area contributed by atoms with Crippen molar-refractivity contribution >= 4 is 5.91 Å². The molecule has 0 aliphatic heterocycles. The van der Waals surface area contributed by atoms with Crippen LogP contribution in [0.1, 0.15) is 232 Å². The number of unbranched alkanes of at least 4 members (excludes halogenated alkanes) is 31. The van der Waals surface area contributed by atoms with Gasteiger partial charge in [-0.15, -0.1) is 0 Å². The van der Waals surface area contributed by atoms with Gasteiger partial charge < -0.3 is 5.73 Å². The number of hydrogen-bond donors (Lipinski definition) is 1. The molecule has 0 heterocycles. The van der Waals surface area contributed by atoms with Crippen LogP contribution in [0.25, 0.3) is 0 Å². The maximum atomic E-state index is 11.9. The van der Waals surface area contributed by atoms with Crippen LogP contribution < -0.4 is 5.73 Å². The van der Waals surface area contributed by atoms with Crippen LogP contribution in [0.15, 0.2) is 12.2 Å². The van der Waals surface area contributed by atoms with Crippen molar-refractivity contribution in [1.82, 2.24) is 0 Å². The predicted octanol–water partition coefficient (Wildman–Crippen LogP) is 13.9. The van der Waals surface area contributed by atoms with Crippen LogP contribution in [-0.2, 0) is 4.79 Å². The van der Waals surface area contributed by atoms with Crippen molar-refractivity contribution in [1.29, 1.82) is 0 Å². The third-order valence-corrected chi connectivity index (χ3v) is 9.33. The Kier molecular flexibility index (Phi) is 35.7. The normalized spacial score (nSPS) is 12.4. The van der Waals surface area contributed by atoms with Gasteiger partial charge in [0.25, 0.3) is 0 Å². The number of carbonyl (C=O) groups is 1. The summed E-state index contributed by atoms with van der Waals surface area (Å²) in [4.78, 5) is 11.9. The second-order valence-corrected chi connectivity index (χ2v) is 13.6. The molecule has 2 nitrogen and oxygen atoms in total. The minimum Gasteiger partial charge on any atom is -0.369 e. The summed E-state index contributed by atoms with van der Waals surface area (Å²) in [5.41, 5.74) is 5.69. The molecule has 42 heavy (non-hydrogen) atoms. The van der Waals surface area contributed by atoms with Crippen LogP contribution in [0, 0.1) is 5.92 Å². The molecule has 2 heteroatoms. The molecule has 1 atom stereocenters. The van der Waals surface area contributed by atoms with E-state index in [4.69, 9.17) is 5.73 Å². The van der Waals surface area contributed by atoms with Gasteiger partial charge in [-0.2, -0.15) is 0 Å². The highest BCUT2D eigenvalue weighted by atomic mass is 16.1. The zero-order chi connectivity index (χ0) is 30.6. The number of rotatable bonds is 36. The first-order valence-electron chi connectivity index (χ1n) is 19.7. The second kappa shape index (κ2) is 36.4. The molecule has 0 saturated heterocycles. The molecule has 0 radical (unpaired) electrons. The van der Waals surface area contributed by atoms with Crippen LogP contribution >= 0.6 is 0 Å². The molecule has 0 aromatic rings. The average molecular weight is 590 g/mol. The first-order chi connectivity index (χ1) is 20.7. The summed E-state index contributed by atoms with van der Waals surface area (Å²) in [7, 11) is 0. The molecule has 0 fully saturated rings. The summed E-state index contributed by atoms with van der Waals surface area (Å²) in [6.45, 7) is 4.59. The van der Waals surface area contributed by atoms with Crippen LogP contribution in [0.3, 0.4) is 0 Å². The van der Waals surface area contributed by atoms with E-state index in [9.17, 15) is 4.79 Å². The standard InChI is InChI=1S/C40H79NO/c1-3-5-7-9-11-13-15-17-19-20-21-22-23-24-26-28-30-32-34-36-38-39(40(41)42)37-35-33-31-29-27-25-18-16-14-12-10-8-6-4-2/h36,38-39H,3-35,37H2,1-2H3,(H2,41,42). The number of carbonyl (C=O) groups excluding carboxylic acids is 1. The van der Waals surface area contributed by atoms with Crippen molar-refractivity contribution in [2.24, 2.45) is 11.7 Å². The van der Waals surface area contributed by atoms with Crippen molar-refractivity contribution in [3.05, 3.63) is 12.2 Å². The Morgan fingerprint density at radius 1 is 0.429 bits per heavy atom. The van der Waals surface area contributed by atoms with E-state index < -0.39 is 0 Å². The molecule has 0 spiro atoms. The lowest BCUT2D eigenvalue weighted by molar-refractivity contribution is -0.120. The molecular weight excluding hydrogens is 510 g/mol. The van der Waals surface area contributed by atoms with Gasteiger partial charge in [0.15, 0.2) is 0 Å². The number of primary amides is 1. The molecule has 1 unspecified atom stereocenters. The Hall–Kier alpha value is -0.790. The van der Waals surface area contributed by atoms with Crippen molar-refractivity contribution in [3.63, 3.8) is 0 Å². The maximum absolute atomic E-state index is 11.9. The monoisotopic (exact) mass is 590 g/mol. The van der Waals surface area contributed by atoms with Gasteiger partial charge in [-0.25, -0.2) is 0 Å². The Morgan fingerprint density at radius 3 is 0.976 bits per heavy atom. The first-order valence-corrected chi connectivity index (χ1v) is 19.7. The molecule has 0 bridgehead atoms. The fraction of sp³-hybridized carbons (Fsp3) is 0.925. The molecule has 250 valence electrons. The molecule has 0 aromatic heterocycles. The van der Waals surface area contributed by atoms with Gasteiger partial charge in [-0.05, 0) is 19.3 Å². The number of amides is 1. The summed E-state index contributed by atoms with van der Waals surface area (Å²) in [5, 5.41) is 0. The maximum Gasteiger partial charge on any atom is 0.224 e. The second-order valence-electron chi connectivity index (χ2n) is 13.6. The molecular formula is C40H79NO. The van der Waals surface area contributed by atoms with E-state index in [1.165, 1.54) is 199 Å². The van der Waals surface area contributed by atoms with E-state index in [0.29, 0.717) is 0 Å². The van der Waals surface area contributed by atoms with E-state index in [1.807, 2.05) is 0 Å². The van der Waals surface area contributed by atoms with Crippen LogP contribution in [-0.4, -0.2) is 5.91 Å². The highest BCUT2D eigenvalue weighted by Gasteiger charge is 2.10. The molecule has 1 amide bonds. The van der Waals surface area contributed by atoms with E-state index >= 15 is 0 Å². The summed E-state index contributed by atoms with van der Waals surface area (Å²) < 4.78 is 0. The van der Waals surface area contributed by atoms with Gasteiger partial charge in [0.05, 0.1) is 5.92 Å². The van der Waals surface area contributed by atoms with Gasteiger partial charge in [0, 0.05) is 0 Å². The van der Waals surface area contributed by atoms with Crippen molar-refractivity contribution in [2.45, 2.75) is 232 Å². The lowest BCUT2D eigenvalue weighted by atomic mass is 9.98. The molecule has 0 saturated carbocycles. The summed E-state index contributed by atoms with van der Waals surface area (Å²) in [6, 6.07) is 0. The number of allylic oxidation sites excluding steroid dienone is 1. The van der Waals surface area contributed by atoms with Gasteiger partial charge in [-0.3, -0.25) is 4.79 Å². The number of hydrogen-bond acceptors (Lipinski definition) is 1. The fourth-order valence-corrected chi connectivity index (χ4v) is 6.32. The van der Waals surface area contributed by atoms with Gasteiger partial charge in [0.1, 0.15) is 0 Å². The summed E-state index contributed by atoms with van der Waals surface area (Å²) >= 11 is 0. The molecule has 0 rings (SSSR count). The first kappa shape index (κ1) is 41.2. The van der Waals surface area contributed by atoms with Crippen LogP contribution in [0.2, 0.25) is 0 Å². The zero-order valence-electron chi connectivity index (χ0n) is 29.3. The number of nitrogens with two attached hydrogens (primary N) is 1. The fourth-order valence-electron chi connectivity index (χ4n) is 6.32. The van der Waals surface area contributed by atoms with Gasteiger partial charge in [-0.1, -0.05) is 225 Å². The van der Waals surface area contributed by atoms with E-state index in [-0.39, 0.29) is 11.8 Å². The van der Waals surface area contributed by atoms with Crippen molar-refractivity contribution < 1.29 is 4.79 Å². The third-order valence-electron chi connectivity index (χ3n) is 9.33. The Labute approximate surface area is 266 Å². The van der Waals surface area contributed by atoms with Crippen LogP contribution in [0.4, 0.5) is 0 Å². The lowest BCUT2D eigenvalue weighted by Crippen LogP contribution is -2.21. The van der Waals surface area contributed by atoms with Gasteiger partial charge in [0.2, 0.25) is 5.91 Å². The van der Waals surface area contributed by atoms with Crippen LogP contribution in [0.5, 0.6) is 0 Å². The summed E-state index contributed by atoms with van der Waals surface area (Å²) in [6.07, 6.45) is 51.1. The van der Waals surface area contributed by atoms with E-state index in [2.05, 4.69) is 26.0 Å². The SMILES string of the molecule is CCCCCCCCCCCCCCCCCCCCC=CC(CCCCCCCCCCCCCCCC)C(N)=O. The smallest absolute Gasteiger partial charge is 0.224 e. The quantitative estimate of drug-likeness (QED) is 0.0573. The topological polar surface area (TPSA) is 43.1 Å². The molecule has 0 aliphatic rings. The largest absolute Gasteiger partial charge is 0.369 e. The third kappa shape index (κ3) is 33.7. The average Bonchev–Trinajstić information content (AvgIpc) is 2.99. The van der Waals surface area contributed by atoms with E-state index in [1.54, 1.807) is 0 Å². The Balaban J connectivity index is 3.42. The van der Waals surface area contributed by atoms with E-state index in [0.717, 1.165) is 19.3 Å². The minimum absolute atomic E-state index is 0.0575. The molecule has 2 N–H and O–H groups in total. The molecule has 0 aromatic carbocycles. The Morgan fingerprint density at radius 2 is 0.690 bits per heavy atom. The summed E-state index contributed by atoms with van der Waals surface area (Å²) in [5.74, 6) is -0.198. The van der Waals surface area contributed by atoms with Gasteiger partial charge >= 0.3 is 0 Å².